The van der Waals surface area contributed by atoms with Gasteiger partial charge in [-0.2, -0.15) is 5.10 Å². The van der Waals surface area contributed by atoms with E-state index in [2.05, 4.69) is 20.4 Å². The largest absolute Gasteiger partial charge is 0.444 e. The lowest BCUT2D eigenvalue weighted by atomic mass is 9.92. The topological polar surface area (TPSA) is 67.3 Å². The number of hydrogen-bond acceptors (Lipinski definition) is 5. The molecule has 1 aromatic heterocycles. The SMILES string of the molecule is CC(C)(C)OC(=O)NC1C2CCC1CN(c1cnnc(Cl)c1)C2. The molecule has 1 amide bonds. The van der Waals surface area contributed by atoms with E-state index in [1.165, 1.54) is 0 Å². The average molecular weight is 339 g/mol. The quantitative estimate of drug-likeness (QED) is 0.898. The molecule has 1 aliphatic carbocycles. The molecule has 6 nitrogen and oxygen atoms in total. The summed E-state index contributed by atoms with van der Waals surface area (Å²) >= 11 is 5.94. The van der Waals surface area contributed by atoms with Gasteiger partial charge in [-0.1, -0.05) is 11.6 Å². The summed E-state index contributed by atoms with van der Waals surface area (Å²) in [5.74, 6) is 0.849. The van der Waals surface area contributed by atoms with E-state index in [0.717, 1.165) is 31.6 Å². The predicted molar refractivity (Wildman–Crippen MR) is 88.6 cm³/mol. The zero-order valence-corrected chi connectivity index (χ0v) is 14.5. The number of anilines is 1. The number of rotatable bonds is 2. The minimum absolute atomic E-state index is 0.186. The summed E-state index contributed by atoms with van der Waals surface area (Å²) in [6.07, 6.45) is 3.66. The Morgan fingerprint density at radius 1 is 1.35 bits per heavy atom. The van der Waals surface area contributed by atoms with Crippen molar-refractivity contribution in [3.8, 4) is 0 Å². The van der Waals surface area contributed by atoms with E-state index in [4.69, 9.17) is 16.3 Å². The van der Waals surface area contributed by atoms with Gasteiger partial charge in [0.1, 0.15) is 5.60 Å². The van der Waals surface area contributed by atoms with Gasteiger partial charge in [-0.05, 0) is 45.4 Å². The summed E-state index contributed by atoms with van der Waals surface area (Å²) in [7, 11) is 0. The highest BCUT2D eigenvalue weighted by Gasteiger charge is 2.43. The third-order valence-electron chi connectivity index (χ3n) is 4.49. The van der Waals surface area contributed by atoms with E-state index in [0.29, 0.717) is 17.0 Å². The molecule has 2 aliphatic rings. The normalized spacial score (nSPS) is 27.0. The first-order valence-electron chi connectivity index (χ1n) is 8.04. The highest BCUT2D eigenvalue weighted by Crippen LogP contribution is 2.38. The van der Waals surface area contributed by atoms with Crippen molar-refractivity contribution in [2.45, 2.75) is 45.3 Å². The maximum atomic E-state index is 12.1. The van der Waals surface area contributed by atoms with Crippen LogP contribution < -0.4 is 10.2 Å². The first-order chi connectivity index (χ1) is 10.8. The van der Waals surface area contributed by atoms with E-state index in [9.17, 15) is 4.79 Å². The number of carbonyl (C=O) groups excluding carboxylic acids is 1. The summed E-state index contributed by atoms with van der Waals surface area (Å²) in [5.41, 5.74) is 0.529. The molecule has 1 aliphatic heterocycles. The molecule has 2 fully saturated rings. The zero-order chi connectivity index (χ0) is 16.6. The van der Waals surface area contributed by atoms with E-state index >= 15 is 0 Å². The fourth-order valence-electron chi connectivity index (χ4n) is 3.62. The van der Waals surface area contributed by atoms with Crippen molar-refractivity contribution in [2.24, 2.45) is 11.8 Å². The van der Waals surface area contributed by atoms with Crippen molar-refractivity contribution in [1.82, 2.24) is 15.5 Å². The minimum atomic E-state index is -0.469. The van der Waals surface area contributed by atoms with E-state index < -0.39 is 5.60 Å². The average Bonchev–Trinajstić information content (AvgIpc) is 2.68. The molecule has 0 radical (unpaired) electrons. The molecule has 23 heavy (non-hydrogen) atoms. The fourth-order valence-corrected chi connectivity index (χ4v) is 3.77. The van der Waals surface area contributed by atoms with Crippen LogP contribution in [0, 0.1) is 11.8 Å². The van der Waals surface area contributed by atoms with Gasteiger partial charge in [0.15, 0.2) is 5.15 Å². The van der Waals surface area contributed by atoms with Gasteiger partial charge in [-0.25, -0.2) is 4.79 Å². The Morgan fingerprint density at radius 2 is 2.00 bits per heavy atom. The molecule has 1 aromatic rings. The number of alkyl carbamates (subject to hydrolysis) is 1. The predicted octanol–water partition coefficient (Wildman–Crippen LogP) is 2.87. The summed E-state index contributed by atoms with van der Waals surface area (Å²) in [5, 5.41) is 11.2. The molecule has 1 N–H and O–H groups in total. The maximum Gasteiger partial charge on any atom is 0.407 e. The lowest BCUT2D eigenvalue weighted by molar-refractivity contribution is 0.0472. The summed E-state index contributed by atoms with van der Waals surface area (Å²) < 4.78 is 5.39. The Labute approximate surface area is 141 Å². The van der Waals surface area contributed by atoms with Crippen molar-refractivity contribution in [1.29, 1.82) is 0 Å². The van der Waals surface area contributed by atoms with Crippen molar-refractivity contribution >= 4 is 23.4 Å². The second-order valence-electron chi connectivity index (χ2n) is 7.41. The Hall–Kier alpha value is -1.56. The number of carbonyl (C=O) groups is 1. The van der Waals surface area contributed by atoms with Crippen LogP contribution in [0.2, 0.25) is 5.15 Å². The van der Waals surface area contributed by atoms with Crippen LogP contribution in [0.1, 0.15) is 33.6 Å². The molecule has 1 saturated heterocycles. The number of aromatic nitrogens is 2. The Balaban J connectivity index is 1.64. The van der Waals surface area contributed by atoms with Crippen LogP contribution in [-0.4, -0.2) is 41.0 Å². The second-order valence-corrected chi connectivity index (χ2v) is 7.80. The first kappa shape index (κ1) is 16.3. The highest BCUT2D eigenvalue weighted by molar-refractivity contribution is 6.29. The fraction of sp³-hybridized carbons (Fsp3) is 0.688. The third-order valence-corrected chi connectivity index (χ3v) is 4.68. The number of ether oxygens (including phenoxy) is 1. The third kappa shape index (κ3) is 3.86. The van der Waals surface area contributed by atoms with Gasteiger partial charge in [0.25, 0.3) is 0 Å². The van der Waals surface area contributed by atoms with E-state index in [1.807, 2.05) is 26.8 Å². The first-order valence-corrected chi connectivity index (χ1v) is 8.42. The van der Waals surface area contributed by atoms with Gasteiger partial charge in [0, 0.05) is 25.2 Å². The Bertz CT molecular complexity index is 576. The maximum absolute atomic E-state index is 12.1. The van der Waals surface area contributed by atoms with Gasteiger partial charge in [0.05, 0.1) is 11.9 Å². The summed E-state index contributed by atoms with van der Waals surface area (Å²) in [6, 6.07) is 2.03. The van der Waals surface area contributed by atoms with Gasteiger partial charge >= 0.3 is 6.09 Å². The van der Waals surface area contributed by atoms with Crippen LogP contribution in [0.4, 0.5) is 10.5 Å². The lowest BCUT2D eigenvalue weighted by Gasteiger charge is -2.39. The lowest BCUT2D eigenvalue weighted by Crippen LogP contribution is -2.53. The summed E-state index contributed by atoms with van der Waals surface area (Å²) in [4.78, 5) is 14.3. The smallest absolute Gasteiger partial charge is 0.407 e. The van der Waals surface area contributed by atoms with Gasteiger partial charge in [-0.15, -0.1) is 5.10 Å². The number of piperidine rings is 1. The molecule has 1 saturated carbocycles. The zero-order valence-electron chi connectivity index (χ0n) is 13.8. The van der Waals surface area contributed by atoms with Crippen molar-refractivity contribution in [3.05, 3.63) is 17.4 Å². The number of amides is 1. The van der Waals surface area contributed by atoms with Crippen LogP contribution in [-0.2, 0) is 4.74 Å². The number of fused-ring (bicyclic) bond motifs is 2. The van der Waals surface area contributed by atoms with Crippen LogP contribution in [0.25, 0.3) is 0 Å². The van der Waals surface area contributed by atoms with E-state index in [1.54, 1.807) is 6.20 Å². The van der Waals surface area contributed by atoms with Gasteiger partial charge in [0.2, 0.25) is 0 Å². The number of nitrogens with one attached hydrogen (secondary N) is 1. The molecule has 0 aromatic carbocycles. The Morgan fingerprint density at radius 3 is 2.57 bits per heavy atom. The molecule has 2 bridgehead atoms. The number of nitrogens with zero attached hydrogens (tertiary/aromatic N) is 3. The van der Waals surface area contributed by atoms with Crippen LogP contribution >= 0.6 is 11.6 Å². The molecular weight excluding hydrogens is 316 g/mol. The standard InChI is InChI=1S/C16H23ClN4O2/c1-16(2,3)23-15(22)19-14-10-4-5-11(14)9-21(8-10)12-6-13(17)20-18-7-12/h6-7,10-11,14H,4-5,8-9H2,1-3H3,(H,19,22). The van der Waals surface area contributed by atoms with Crippen LogP contribution in [0.5, 0.6) is 0 Å². The number of halogens is 1. The second kappa shape index (κ2) is 6.15. The highest BCUT2D eigenvalue weighted by atomic mass is 35.5. The molecule has 2 heterocycles. The summed E-state index contributed by atoms with van der Waals surface area (Å²) in [6.45, 7) is 7.41. The van der Waals surface area contributed by atoms with Crippen LogP contribution in [0.3, 0.4) is 0 Å². The minimum Gasteiger partial charge on any atom is -0.444 e. The van der Waals surface area contributed by atoms with Gasteiger partial charge < -0.3 is 15.0 Å². The van der Waals surface area contributed by atoms with Crippen LogP contribution in [0.15, 0.2) is 12.3 Å². The molecule has 3 rings (SSSR count). The molecular formula is C16H23ClN4O2. The van der Waals surface area contributed by atoms with Crippen molar-refractivity contribution < 1.29 is 9.53 Å². The van der Waals surface area contributed by atoms with Crippen molar-refractivity contribution in [2.75, 3.05) is 18.0 Å². The molecule has 126 valence electrons. The molecule has 2 atom stereocenters. The van der Waals surface area contributed by atoms with E-state index in [-0.39, 0.29) is 12.1 Å². The monoisotopic (exact) mass is 338 g/mol. The molecule has 0 spiro atoms. The molecule has 7 heteroatoms. The molecule has 2 unspecified atom stereocenters. The van der Waals surface area contributed by atoms with Crippen molar-refractivity contribution in [3.63, 3.8) is 0 Å². The van der Waals surface area contributed by atoms with Gasteiger partial charge in [-0.3, -0.25) is 0 Å². The number of hydrogen-bond donors (Lipinski definition) is 1. The Kier molecular flexibility index (Phi) is 4.36.